The van der Waals surface area contributed by atoms with E-state index in [2.05, 4.69) is 18.6 Å². The molecule has 0 bridgehead atoms. The van der Waals surface area contributed by atoms with Crippen molar-refractivity contribution in [3.8, 4) is 0 Å². The molecule has 1 amide bonds. The van der Waals surface area contributed by atoms with Gasteiger partial charge in [0.2, 0.25) is 15.9 Å². The lowest BCUT2D eigenvalue weighted by molar-refractivity contribution is -0.138. The van der Waals surface area contributed by atoms with Gasteiger partial charge in [0.1, 0.15) is 0 Å². The largest absolute Gasteiger partial charge is 0.341 e. The van der Waals surface area contributed by atoms with Gasteiger partial charge in [0.05, 0.1) is 11.3 Å². The number of hydrogen-bond acceptors (Lipinski definition) is 4. The molecule has 0 saturated carbocycles. The van der Waals surface area contributed by atoms with Crippen LogP contribution in [-0.4, -0.2) is 67.6 Å². The summed E-state index contributed by atoms with van der Waals surface area (Å²) in [4.78, 5) is 16.8. The van der Waals surface area contributed by atoms with Gasteiger partial charge in [0.15, 0.2) is 0 Å². The van der Waals surface area contributed by atoms with Gasteiger partial charge in [0.25, 0.3) is 0 Å². The van der Waals surface area contributed by atoms with Crippen LogP contribution >= 0.6 is 0 Å². The van der Waals surface area contributed by atoms with Crippen LogP contribution in [0.2, 0.25) is 0 Å². The summed E-state index contributed by atoms with van der Waals surface area (Å²) in [6.07, 6.45) is 1.76. The van der Waals surface area contributed by atoms with E-state index in [1.165, 1.54) is 6.42 Å². The van der Waals surface area contributed by atoms with Crippen molar-refractivity contribution in [1.29, 1.82) is 0 Å². The fourth-order valence-electron chi connectivity index (χ4n) is 4.05. The summed E-state index contributed by atoms with van der Waals surface area (Å²) >= 11 is 0. The van der Waals surface area contributed by atoms with E-state index in [1.54, 1.807) is 0 Å². The number of carbonyl (C=O) groups is 1. The highest BCUT2D eigenvalue weighted by molar-refractivity contribution is 7.90. The Morgan fingerprint density at radius 2 is 1.67 bits per heavy atom. The molecule has 2 aliphatic heterocycles. The van der Waals surface area contributed by atoms with E-state index in [4.69, 9.17) is 0 Å². The van der Waals surface area contributed by atoms with Crippen LogP contribution in [0.1, 0.15) is 47.5 Å². The van der Waals surface area contributed by atoms with Crippen LogP contribution in [0.15, 0.2) is 0 Å². The van der Waals surface area contributed by atoms with Gasteiger partial charge >= 0.3 is 0 Å². The number of nitrogens with zero attached hydrogens (tertiary/aromatic N) is 2. The van der Waals surface area contributed by atoms with E-state index in [0.717, 1.165) is 13.1 Å². The second-order valence-electron chi connectivity index (χ2n) is 8.09. The van der Waals surface area contributed by atoms with Crippen molar-refractivity contribution >= 4 is 15.9 Å². The van der Waals surface area contributed by atoms with Gasteiger partial charge in [-0.3, -0.25) is 9.69 Å². The van der Waals surface area contributed by atoms with Gasteiger partial charge in [-0.25, -0.2) is 13.1 Å². The smallest absolute Gasteiger partial charge is 0.239 e. The Morgan fingerprint density at radius 1 is 1.08 bits per heavy atom. The van der Waals surface area contributed by atoms with Crippen LogP contribution in [0, 0.1) is 11.8 Å². The molecule has 6 nitrogen and oxygen atoms in total. The zero-order valence-corrected chi connectivity index (χ0v) is 16.5. The molecule has 2 saturated heterocycles. The first-order valence-electron chi connectivity index (χ1n) is 9.14. The highest BCUT2D eigenvalue weighted by Gasteiger charge is 2.38. The lowest BCUT2D eigenvalue weighted by Crippen LogP contribution is -2.51. The van der Waals surface area contributed by atoms with Crippen LogP contribution in [0.3, 0.4) is 0 Å². The van der Waals surface area contributed by atoms with E-state index >= 15 is 0 Å². The first-order valence-corrected chi connectivity index (χ1v) is 10.7. The Hall–Kier alpha value is -0.660. The molecule has 4 unspecified atom stereocenters. The van der Waals surface area contributed by atoms with Crippen molar-refractivity contribution in [2.24, 2.45) is 11.8 Å². The van der Waals surface area contributed by atoms with Gasteiger partial charge < -0.3 is 4.90 Å². The number of sulfonamides is 1. The highest BCUT2D eigenvalue weighted by Crippen LogP contribution is 2.24. The standard InChI is InChI=1S/C17H33N3O3S/c1-12(2)18-24(22,23)16-6-7-19(11-16)15(5)17(21)20-9-13(3)8-14(4)10-20/h12-16,18H,6-11H2,1-5H3. The molecule has 0 aromatic rings. The molecule has 7 heteroatoms. The quantitative estimate of drug-likeness (QED) is 0.803. The molecular formula is C17H33N3O3S. The SMILES string of the molecule is CC1CC(C)CN(C(=O)C(C)N2CCC(S(=O)(=O)NC(C)C)C2)C1. The summed E-state index contributed by atoms with van der Waals surface area (Å²) in [5.74, 6) is 1.21. The molecule has 2 aliphatic rings. The highest BCUT2D eigenvalue weighted by atomic mass is 32.2. The molecule has 1 N–H and O–H groups in total. The Labute approximate surface area is 147 Å². The molecule has 0 aliphatic carbocycles. The van der Waals surface area contributed by atoms with Gasteiger partial charge in [-0.05, 0) is 45.4 Å². The van der Waals surface area contributed by atoms with Gasteiger partial charge in [-0.15, -0.1) is 0 Å². The van der Waals surface area contributed by atoms with Crippen molar-refractivity contribution in [3.05, 3.63) is 0 Å². The Bertz CT molecular complexity index is 539. The van der Waals surface area contributed by atoms with Crippen molar-refractivity contribution in [2.45, 2.75) is 64.8 Å². The summed E-state index contributed by atoms with van der Waals surface area (Å²) < 4.78 is 27.3. The fourth-order valence-corrected chi connectivity index (χ4v) is 5.70. The molecule has 0 aromatic heterocycles. The average molecular weight is 360 g/mol. The maximum absolute atomic E-state index is 12.8. The molecule has 2 rings (SSSR count). The number of piperidine rings is 1. The lowest BCUT2D eigenvalue weighted by atomic mass is 9.91. The Balaban J connectivity index is 1.96. The zero-order valence-electron chi connectivity index (χ0n) is 15.7. The fraction of sp³-hybridized carbons (Fsp3) is 0.941. The van der Waals surface area contributed by atoms with Gasteiger partial charge in [-0.1, -0.05) is 13.8 Å². The summed E-state index contributed by atoms with van der Waals surface area (Å²) in [5.41, 5.74) is 0. The summed E-state index contributed by atoms with van der Waals surface area (Å²) in [6.45, 7) is 12.7. The van der Waals surface area contributed by atoms with Crippen LogP contribution < -0.4 is 4.72 Å². The molecule has 2 fully saturated rings. The van der Waals surface area contributed by atoms with E-state index in [9.17, 15) is 13.2 Å². The number of rotatable bonds is 5. The molecule has 0 aromatic carbocycles. The van der Waals surface area contributed by atoms with E-state index in [0.29, 0.717) is 31.3 Å². The normalized spacial score (nSPS) is 30.8. The number of hydrogen-bond donors (Lipinski definition) is 1. The van der Waals surface area contributed by atoms with Gasteiger partial charge in [0, 0.05) is 32.2 Å². The van der Waals surface area contributed by atoms with Crippen molar-refractivity contribution < 1.29 is 13.2 Å². The maximum atomic E-state index is 12.8. The van der Waals surface area contributed by atoms with Crippen LogP contribution in [0.5, 0.6) is 0 Å². The molecular weight excluding hydrogens is 326 g/mol. The van der Waals surface area contributed by atoms with Crippen LogP contribution in [0.4, 0.5) is 0 Å². The monoisotopic (exact) mass is 359 g/mol. The van der Waals surface area contributed by atoms with E-state index in [-0.39, 0.29) is 18.0 Å². The van der Waals surface area contributed by atoms with E-state index < -0.39 is 15.3 Å². The Morgan fingerprint density at radius 3 is 2.21 bits per heavy atom. The first kappa shape index (κ1) is 19.7. The molecule has 0 spiro atoms. The number of likely N-dealkylation sites (tertiary alicyclic amines) is 2. The second kappa shape index (κ2) is 7.70. The predicted octanol–water partition coefficient (Wildman–Crippen LogP) is 1.28. The number of amides is 1. The van der Waals surface area contributed by atoms with E-state index in [1.807, 2.05) is 30.6 Å². The average Bonchev–Trinajstić information content (AvgIpc) is 2.94. The minimum atomic E-state index is -3.31. The van der Waals surface area contributed by atoms with Crippen LogP contribution in [0.25, 0.3) is 0 Å². The summed E-state index contributed by atoms with van der Waals surface area (Å²) in [6, 6.07) is -0.346. The maximum Gasteiger partial charge on any atom is 0.239 e. The molecule has 4 atom stereocenters. The van der Waals surface area contributed by atoms with Crippen molar-refractivity contribution in [2.75, 3.05) is 26.2 Å². The topological polar surface area (TPSA) is 69.7 Å². The molecule has 2 heterocycles. The summed E-state index contributed by atoms with van der Waals surface area (Å²) in [5, 5.41) is -0.422. The zero-order chi connectivity index (χ0) is 18.1. The third-order valence-electron chi connectivity index (χ3n) is 5.10. The molecule has 0 radical (unpaired) electrons. The van der Waals surface area contributed by atoms with Gasteiger partial charge in [-0.2, -0.15) is 0 Å². The minimum Gasteiger partial charge on any atom is -0.341 e. The Kier molecular flexibility index (Phi) is 6.31. The van der Waals surface area contributed by atoms with Crippen molar-refractivity contribution in [1.82, 2.24) is 14.5 Å². The molecule has 140 valence electrons. The predicted molar refractivity (Wildman–Crippen MR) is 96.2 cm³/mol. The second-order valence-corrected chi connectivity index (χ2v) is 10.1. The first-order chi connectivity index (χ1) is 11.1. The van der Waals surface area contributed by atoms with Crippen molar-refractivity contribution in [3.63, 3.8) is 0 Å². The third kappa shape index (κ3) is 4.70. The minimum absolute atomic E-state index is 0.0977. The molecule has 24 heavy (non-hydrogen) atoms. The lowest BCUT2D eigenvalue weighted by Gasteiger charge is -2.38. The van der Waals surface area contributed by atoms with Crippen LogP contribution in [-0.2, 0) is 14.8 Å². The third-order valence-corrected chi connectivity index (χ3v) is 7.16. The summed E-state index contributed by atoms with van der Waals surface area (Å²) in [7, 11) is -3.31. The number of carbonyl (C=O) groups excluding carboxylic acids is 1. The number of nitrogens with one attached hydrogen (secondary N) is 1.